The van der Waals surface area contributed by atoms with Gasteiger partial charge in [0.2, 0.25) is 5.91 Å². The molecule has 1 fully saturated rings. The van der Waals surface area contributed by atoms with E-state index in [4.69, 9.17) is 23.2 Å². The van der Waals surface area contributed by atoms with Gasteiger partial charge in [-0.05, 0) is 37.6 Å². The minimum Gasteiger partial charge on any atom is -0.342 e. The van der Waals surface area contributed by atoms with Gasteiger partial charge in [-0.25, -0.2) is 0 Å². The van der Waals surface area contributed by atoms with Crippen molar-refractivity contribution in [1.29, 1.82) is 0 Å². The highest BCUT2D eigenvalue weighted by Gasteiger charge is 2.24. The maximum absolute atomic E-state index is 12.4. The lowest BCUT2D eigenvalue weighted by molar-refractivity contribution is -0.129. The number of carbonyl (C=O) groups excluding carboxylic acids is 1. The van der Waals surface area contributed by atoms with Gasteiger partial charge in [0.25, 0.3) is 0 Å². The molecule has 1 heterocycles. The van der Waals surface area contributed by atoms with Gasteiger partial charge in [0.05, 0.1) is 10.8 Å². The van der Waals surface area contributed by atoms with E-state index >= 15 is 0 Å². The SMILES string of the molecule is CCN1CCC(N(C)C(=O)CSc2cc(Cl)ccc2Cl)CC1. The molecule has 0 aromatic heterocycles. The minimum atomic E-state index is 0.149. The molecule has 1 aliphatic rings. The van der Waals surface area contributed by atoms with Crippen LogP contribution in [0.25, 0.3) is 0 Å². The van der Waals surface area contributed by atoms with Crippen molar-refractivity contribution in [3.8, 4) is 0 Å². The summed E-state index contributed by atoms with van der Waals surface area (Å²) in [7, 11) is 1.91. The number of hydrogen-bond acceptors (Lipinski definition) is 3. The summed E-state index contributed by atoms with van der Waals surface area (Å²) in [6.07, 6.45) is 2.11. The molecule has 3 nitrogen and oxygen atoms in total. The molecular weight excluding hydrogens is 339 g/mol. The zero-order chi connectivity index (χ0) is 16.1. The minimum absolute atomic E-state index is 0.149. The average molecular weight is 361 g/mol. The second kappa shape index (κ2) is 8.44. The highest BCUT2D eigenvalue weighted by molar-refractivity contribution is 8.00. The van der Waals surface area contributed by atoms with Gasteiger partial charge in [0.15, 0.2) is 0 Å². The van der Waals surface area contributed by atoms with E-state index < -0.39 is 0 Å². The Kier molecular flexibility index (Phi) is 6.87. The third kappa shape index (κ3) is 4.79. The van der Waals surface area contributed by atoms with Gasteiger partial charge < -0.3 is 9.80 Å². The van der Waals surface area contributed by atoms with Crippen LogP contribution in [0.1, 0.15) is 19.8 Å². The maximum atomic E-state index is 12.4. The van der Waals surface area contributed by atoms with Crippen molar-refractivity contribution in [1.82, 2.24) is 9.80 Å². The smallest absolute Gasteiger partial charge is 0.232 e. The monoisotopic (exact) mass is 360 g/mol. The number of rotatable bonds is 5. The van der Waals surface area contributed by atoms with Crippen molar-refractivity contribution in [2.75, 3.05) is 32.4 Å². The van der Waals surface area contributed by atoms with Crippen LogP contribution in [-0.4, -0.2) is 54.2 Å². The fourth-order valence-corrected chi connectivity index (χ4v) is 4.07. The van der Waals surface area contributed by atoms with Crippen molar-refractivity contribution >= 4 is 40.9 Å². The van der Waals surface area contributed by atoms with Gasteiger partial charge in [0.1, 0.15) is 0 Å². The summed E-state index contributed by atoms with van der Waals surface area (Å²) >= 11 is 13.6. The van der Waals surface area contributed by atoms with Gasteiger partial charge >= 0.3 is 0 Å². The fourth-order valence-electron chi connectivity index (χ4n) is 2.66. The van der Waals surface area contributed by atoms with E-state index in [0.717, 1.165) is 37.4 Å². The molecule has 0 bridgehead atoms. The lowest BCUT2D eigenvalue weighted by Gasteiger charge is -2.36. The Balaban J connectivity index is 1.85. The Bertz CT molecular complexity index is 519. The first-order valence-corrected chi connectivity index (χ1v) is 9.31. The maximum Gasteiger partial charge on any atom is 0.232 e. The van der Waals surface area contributed by atoms with Crippen molar-refractivity contribution in [3.63, 3.8) is 0 Å². The zero-order valence-corrected chi connectivity index (χ0v) is 15.3. The van der Waals surface area contributed by atoms with E-state index in [1.807, 2.05) is 18.0 Å². The zero-order valence-electron chi connectivity index (χ0n) is 13.0. The molecule has 0 N–H and O–H groups in total. The molecule has 2 rings (SSSR count). The van der Waals surface area contributed by atoms with Crippen molar-refractivity contribution < 1.29 is 4.79 Å². The number of nitrogens with zero attached hydrogens (tertiary/aromatic N) is 2. The first-order valence-electron chi connectivity index (χ1n) is 7.57. The summed E-state index contributed by atoms with van der Waals surface area (Å²) in [4.78, 5) is 17.6. The van der Waals surface area contributed by atoms with Crippen LogP contribution in [0.2, 0.25) is 10.0 Å². The molecule has 6 heteroatoms. The molecule has 22 heavy (non-hydrogen) atoms. The largest absolute Gasteiger partial charge is 0.342 e. The summed E-state index contributed by atoms with van der Waals surface area (Å²) in [5, 5.41) is 1.28. The first kappa shape index (κ1) is 17.9. The third-order valence-corrected chi connectivity index (χ3v) is 5.91. The molecule has 0 aliphatic carbocycles. The Morgan fingerprint density at radius 1 is 1.36 bits per heavy atom. The molecule has 0 radical (unpaired) electrons. The average Bonchev–Trinajstić information content (AvgIpc) is 2.54. The standard InChI is InChI=1S/C16H22Cl2N2OS/c1-3-20-8-6-13(7-9-20)19(2)16(21)11-22-15-10-12(17)4-5-14(15)18/h4-5,10,13H,3,6-9,11H2,1-2H3. The van der Waals surface area contributed by atoms with Gasteiger partial charge in [0, 0.05) is 36.1 Å². The van der Waals surface area contributed by atoms with Crippen LogP contribution in [0.3, 0.4) is 0 Å². The Morgan fingerprint density at radius 3 is 2.68 bits per heavy atom. The third-order valence-electron chi connectivity index (χ3n) is 4.19. The second-order valence-corrected chi connectivity index (χ2v) is 7.39. The molecular formula is C16H22Cl2N2OS. The van der Waals surface area contributed by atoms with Gasteiger partial charge in [-0.2, -0.15) is 0 Å². The summed E-state index contributed by atoms with van der Waals surface area (Å²) in [5.74, 6) is 0.542. The normalized spacial score (nSPS) is 16.7. The number of hydrogen-bond donors (Lipinski definition) is 0. The van der Waals surface area contributed by atoms with Gasteiger partial charge in [-0.3, -0.25) is 4.79 Å². The van der Waals surface area contributed by atoms with Gasteiger partial charge in [-0.15, -0.1) is 11.8 Å². The Labute approximate surface area is 146 Å². The van der Waals surface area contributed by atoms with E-state index in [0.29, 0.717) is 21.8 Å². The van der Waals surface area contributed by atoms with Crippen molar-refractivity contribution in [3.05, 3.63) is 28.2 Å². The quantitative estimate of drug-likeness (QED) is 0.740. The van der Waals surface area contributed by atoms with Crippen molar-refractivity contribution in [2.24, 2.45) is 0 Å². The second-order valence-electron chi connectivity index (χ2n) is 5.53. The highest BCUT2D eigenvalue weighted by Crippen LogP contribution is 2.30. The van der Waals surface area contributed by atoms with Crippen LogP contribution in [0.15, 0.2) is 23.1 Å². The lowest BCUT2D eigenvalue weighted by atomic mass is 10.0. The number of likely N-dealkylation sites (tertiary alicyclic amines) is 1. The van der Waals surface area contributed by atoms with E-state index in [-0.39, 0.29) is 5.91 Å². The van der Waals surface area contributed by atoms with E-state index in [1.165, 1.54) is 11.8 Å². The highest BCUT2D eigenvalue weighted by atomic mass is 35.5. The molecule has 0 spiro atoms. The van der Waals surface area contributed by atoms with Crippen LogP contribution in [0.5, 0.6) is 0 Å². The number of piperidine rings is 1. The summed E-state index contributed by atoms with van der Waals surface area (Å²) in [6.45, 7) is 5.42. The van der Waals surface area contributed by atoms with Crippen LogP contribution in [0, 0.1) is 0 Å². The molecule has 1 saturated heterocycles. The van der Waals surface area contributed by atoms with Crippen LogP contribution in [-0.2, 0) is 4.79 Å². The number of halogens is 2. The van der Waals surface area contributed by atoms with Crippen LogP contribution < -0.4 is 0 Å². The van der Waals surface area contributed by atoms with Crippen LogP contribution >= 0.6 is 35.0 Å². The van der Waals surface area contributed by atoms with Gasteiger partial charge in [-0.1, -0.05) is 30.1 Å². The number of carbonyl (C=O) groups is 1. The summed E-state index contributed by atoms with van der Waals surface area (Å²) in [6, 6.07) is 5.68. The van der Waals surface area contributed by atoms with E-state index in [9.17, 15) is 4.79 Å². The molecule has 1 aromatic rings. The molecule has 122 valence electrons. The Morgan fingerprint density at radius 2 is 2.05 bits per heavy atom. The Hall–Kier alpha value is -0.420. The lowest BCUT2D eigenvalue weighted by Crippen LogP contribution is -2.46. The summed E-state index contributed by atoms with van der Waals surface area (Å²) in [5.41, 5.74) is 0. The predicted octanol–water partition coefficient (Wildman–Crippen LogP) is 4.03. The first-order chi connectivity index (χ1) is 10.5. The number of thioether (sulfide) groups is 1. The fraction of sp³-hybridized carbons (Fsp3) is 0.562. The molecule has 1 aliphatic heterocycles. The van der Waals surface area contributed by atoms with Crippen LogP contribution in [0.4, 0.5) is 0 Å². The molecule has 0 unspecified atom stereocenters. The molecule has 0 atom stereocenters. The topological polar surface area (TPSA) is 23.6 Å². The van der Waals surface area contributed by atoms with E-state index in [2.05, 4.69) is 11.8 Å². The number of amides is 1. The predicted molar refractivity (Wildman–Crippen MR) is 95.1 cm³/mol. The van der Waals surface area contributed by atoms with E-state index in [1.54, 1.807) is 12.1 Å². The molecule has 0 saturated carbocycles. The number of benzene rings is 1. The molecule has 1 aromatic carbocycles. The molecule has 1 amide bonds. The summed E-state index contributed by atoms with van der Waals surface area (Å²) < 4.78 is 0. The van der Waals surface area contributed by atoms with Crippen molar-refractivity contribution in [2.45, 2.75) is 30.7 Å².